The van der Waals surface area contributed by atoms with Crippen LogP contribution in [0.3, 0.4) is 0 Å². The molecular weight excluding hydrogens is 152 g/mol. The Morgan fingerprint density at radius 1 is 1.67 bits per heavy atom. The molecule has 0 aliphatic heterocycles. The lowest BCUT2D eigenvalue weighted by Gasteiger charge is -2.14. The molecule has 0 aromatic heterocycles. The van der Waals surface area contributed by atoms with Crippen LogP contribution in [-0.4, -0.2) is 12.1 Å². The number of carbonyl (C=O) groups is 2. The van der Waals surface area contributed by atoms with Gasteiger partial charge in [-0.25, -0.2) is 0 Å². The van der Waals surface area contributed by atoms with Gasteiger partial charge in [0.05, 0.1) is 0 Å². The number of Topliss-reactive ketones (excluding diaryl/α,β-unsaturated/α-hetero) is 1. The van der Waals surface area contributed by atoms with E-state index in [4.69, 9.17) is 0 Å². The SMILES string of the molecule is CCCC(C=O)C1CCCC1=O. The van der Waals surface area contributed by atoms with Crippen molar-refractivity contribution in [3.05, 3.63) is 0 Å². The van der Waals surface area contributed by atoms with Crippen LogP contribution in [0.1, 0.15) is 39.0 Å². The zero-order valence-corrected chi connectivity index (χ0v) is 7.58. The minimum atomic E-state index is 0.00463. The summed E-state index contributed by atoms with van der Waals surface area (Å²) in [6.45, 7) is 2.05. The Hall–Kier alpha value is -0.660. The van der Waals surface area contributed by atoms with Crippen LogP contribution >= 0.6 is 0 Å². The quantitative estimate of drug-likeness (QED) is 0.601. The highest BCUT2D eigenvalue weighted by molar-refractivity contribution is 5.85. The van der Waals surface area contributed by atoms with Gasteiger partial charge in [-0.15, -0.1) is 0 Å². The Kier molecular flexibility index (Phi) is 3.45. The predicted molar refractivity (Wildman–Crippen MR) is 46.8 cm³/mol. The van der Waals surface area contributed by atoms with E-state index >= 15 is 0 Å². The molecule has 2 nitrogen and oxygen atoms in total. The van der Waals surface area contributed by atoms with E-state index in [9.17, 15) is 9.59 Å². The summed E-state index contributed by atoms with van der Waals surface area (Å²) in [5.74, 6) is 0.369. The summed E-state index contributed by atoms with van der Waals surface area (Å²) in [5.41, 5.74) is 0. The molecule has 1 fully saturated rings. The van der Waals surface area contributed by atoms with Gasteiger partial charge >= 0.3 is 0 Å². The predicted octanol–water partition coefficient (Wildman–Crippen LogP) is 1.97. The van der Waals surface area contributed by atoms with Crippen molar-refractivity contribution in [2.24, 2.45) is 11.8 Å². The molecule has 1 saturated carbocycles. The summed E-state index contributed by atoms with van der Waals surface area (Å²) in [5, 5.41) is 0. The van der Waals surface area contributed by atoms with Crippen molar-refractivity contribution >= 4 is 12.1 Å². The zero-order valence-electron chi connectivity index (χ0n) is 7.58. The third kappa shape index (κ3) is 1.93. The number of rotatable bonds is 4. The molecule has 12 heavy (non-hydrogen) atoms. The molecule has 0 N–H and O–H groups in total. The summed E-state index contributed by atoms with van der Waals surface area (Å²) >= 11 is 0. The van der Waals surface area contributed by atoms with Gasteiger partial charge in [-0.2, -0.15) is 0 Å². The molecule has 1 rings (SSSR count). The van der Waals surface area contributed by atoms with Gasteiger partial charge in [0.15, 0.2) is 0 Å². The van der Waals surface area contributed by atoms with Gasteiger partial charge in [0.25, 0.3) is 0 Å². The monoisotopic (exact) mass is 168 g/mol. The lowest BCUT2D eigenvalue weighted by atomic mass is 9.88. The van der Waals surface area contributed by atoms with Crippen molar-refractivity contribution in [2.75, 3.05) is 0 Å². The Labute approximate surface area is 73.3 Å². The maximum Gasteiger partial charge on any atom is 0.136 e. The summed E-state index contributed by atoms with van der Waals surface area (Å²) in [6.07, 6.45) is 5.45. The summed E-state index contributed by atoms with van der Waals surface area (Å²) < 4.78 is 0. The van der Waals surface area contributed by atoms with Crippen LogP contribution in [-0.2, 0) is 9.59 Å². The van der Waals surface area contributed by atoms with Gasteiger partial charge in [-0.3, -0.25) is 4.79 Å². The molecule has 0 heterocycles. The standard InChI is InChI=1S/C10H16O2/c1-2-4-8(7-11)9-5-3-6-10(9)12/h7-9H,2-6H2,1H3. The first-order chi connectivity index (χ1) is 5.79. The van der Waals surface area contributed by atoms with Crippen LogP contribution in [0.2, 0.25) is 0 Å². The second-order valence-corrected chi connectivity index (χ2v) is 3.55. The Balaban J connectivity index is 2.52. The maximum absolute atomic E-state index is 11.3. The summed E-state index contributed by atoms with van der Waals surface area (Å²) in [7, 11) is 0. The number of carbonyl (C=O) groups excluding carboxylic acids is 2. The number of ketones is 1. The molecule has 68 valence electrons. The normalized spacial score (nSPS) is 25.8. The van der Waals surface area contributed by atoms with Crippen molar-refractivity contribution in [3.63, 3.8) is 0 Å². The van der Waals surface area contributed by atoms with Crippen molar-refractivity contribution in [2.45, 2.75) is 39.0 Å². The molecule has 2 atom stereocenters. The highest BCUT2D eigenvalue weighted by Crippen LogP contribution is 2.29. The molecule has 2 heteroatoms. The number of hydrogen-bond acceptors (Lipinski definition) is 2. The van der Waals surface area contributed by atoms with Crippen LogP contribution in [0.4, 0.5) is 0 Å². The average Bonchev–Trinajstić information content (AvgIpc) is 2.47. The second kappa shape index (κ2) is 4.39. The van der Waals surface area contributed by atoms with E-state index in [1.165, 1.54) is 0 Å². The Bertz CT molecular complexity index is 175. The van der Waals surface area contributed by atoms with Gasteiger partial charge in [0, 0.05) is 18.3 Å². The van der Waals surface area contributed by atoms with Crippen LogP contribution in [0.15, 0.2) is 0 Å². The van der Waals surface area contributed by atoms with Crippen LogP contribution < -0.4 is 0 Å². The first-order valence-electron chi connectivity index (χ1n) is 4.77. The van der Waals surface area contributed by atoms with Gasteiger partial charge in [0.2, 0.25) is 0 Å². The molecular formula is C10H16O2. The lowest BCUT2D eigenvalue weighted by molar-refractivity contribution is -0.125. The topological polar surface area (TPSA) is 34.1 Å². The number of aldehydes is 1. The largest absolute Gasteiger partial charge is 0.303 e. The van der Waals surface area contributed by atoms with Crippen LogP contribution in [0.25, 0.3) is 0 Å². The smallest absolute Gasteiger partial charge is 0.136 e. The van der Waals surface area contributed by atoms with E-state index in [1.807, 2.05) is 0 Å². The van der Waals surface area contributed by atoms with E-state index in [1.54, 1.807) is 0 Å². The number of hydrogen-bond donors (Lipinski definition) is 0. The molecule has 0 bridgehead atoms. The van der Waals surface area contributed by atoms with Crippen molar-refractivity contribution in [1.29, 1.82) is 0 Å². The van der Waals surface area contributed by atoms with Gasteiger partial charge in [-0.05, 0) is 19.3 Å². The maximum atomic E-state index is 11.3. The van der Waals surface area contributed by atoms with Crippen LogP contribution in [0.5, 0.6) is 0 Å². The van der Waals surface area contributed by atoms with Gasteiger partial charge < -0.3 is 4.79 Å². The fourth-order valence-corrected chi connectivity index (χ4v) is 1.99. The van der Waals surface area contributed by atoms with E-state index in [-0.39, 0.29) is 11.8 Å². The van der Waals surface area contributed by atoms with Gasteiger partial charge in [-0.1, -0.05) is 13.3 Å². The summed E-state index contributed by atoms with van der Waals surface area (Å²) in [6, 6.07) is 0. The minimum absolute atomic E-state index is 0.00463. The highest BCUT2D eigenvalue weighted by Gasteiger charge is 2.30. The van der Waals surface area contributed by atoms with E-state index < -0.39 is 0 Å². The molecule has 0 radical (unpaired) electrons. The van der Waals surface area contributed by atoms with Gasteiger partial charge in [0.1, 0.15) is 12.1 Å². The molecule has 0 amide bonds. The van der Waals surface area contributed by atoms with Crippen molar-refractivity contribution < 1.29 is 9.59 Å². The molecule has 0 aromatic rings. The molecule has 0 aromatic carbocycles. The fraction of sp³-hybridized carbons (Fsp3) is 0.800. The van der Waals surface area contributed by atoms with Crippen LogP contribution in [0, 0.1) is 11.8 Å². The van der Waals surface area contributed by atoms with E-state index in [0.29, 0.717) is 12.2 Å². The molecule has 1 aliphatic rings. The van der Waals surface area contributed by atoms with Crippen molar-refractivity contribution in [3.8, 4) is 0 Å². The highest BCUT2D eigenvalue weighted by atomic mass is 16.1. The Morgan fingerprint density at radius 3 is 2.83 bits per heavy atom. The minimum Gasteiger partial charge on any atom is -0.303 e. The van der Waals surface area contributed by atoms with Crippen molar-refractivity contribution in [1.82, 2.24) is 0 Å². The fourth-order valence-electron chi connectivity index (χ4n) is 1.99. The Morgan fingerprint density at radius 2 is 2.42 bits per heavy atom. The first-order valence-corrected chi connectivity index (χ1v) is 4.77. The third-order valence-corrected chi connectivity index (χ3v) is 2.67. The van der Waals surface area contributed by atoms with E-state index in [2.05, 4.69) is 6.92 Å². The molecule has 1 aliphatic carbocycles. The summed E-state index contributed by atoms with van der Waals surface area (Å²) in [4.78, 5) is 22.0. The second-order valence-electron chi connectivity index (χ2n) is 3.55. The molecule has 0 spiro atoms. The average molecular weight is 168 g/mol. The third-order valence-electron chi connectivity index (χ3n) is 2.67. The molecule has 0 saturated heterocycles. The zero-order chi connectivity index (χ0) is 8.97. The van der Waals surface area contributed by atoms with E-state index in [0.717, 1.165) is 32.0 Å². The first kappa shape index (κ1) is 9.43. The lowest BCUT2D eigenvalue weighted by Crippen LogP contribution is -2.19. The molecule has 2 unspecified atom stereocenters.